The zero-order valence-corrected chi connectivity index (χ0v) is 9.64. The molecule has 0 radical (unpaired) electrons. The molecule has 0 atom stereocenters. The fourth-order valence-corrected chi connectivity index (χ4v) is 1.59. The Balaban J connectivity index is 1.93. The molecule has 0 unspecified atom stereocenters. The van der Waals surface area contributed by atoms with Crippen LogP contribution in [-0.4, -0.2) is 0 Å². The molecule has 0 saturated carbocycles. The summed E-state index contributed by atoms with van der Waals surface area (Å²) in [4.78, 5) is 0. The van der Waals surface area contributed by atoms with Crippen LogP contribution in [0.1, 0.15) is 11.1 Å². The van der Waals surface area contributed by atoms with Crippen molar-refractivity contribution >= 4 is 5.70 Å². The predicted octanol–water partition coefficient (Wildman–Crippen LogP) is 2.73. The van der Waals surface area contributed by atoms with Gasteiger partial charge in [0, 0.05) is 12.7 Å². The quantitative estimate of drug-likeness (QED) is 0.838. The van der Waals surface area contributed by atoms with Crippen LogP contribution >= 0.6 is 0 Å². The maximum Gasteiger partial charge on any atom is 0.0547 e. The first-order valence-electron chi connectivity index (χ1n) is 5.64. The molecule has 2 nitrogen and oxygen atoms in total. The zero-order chi connectivity index (χ0) is 11.9. The van der Waals surface area contributed by atoms with Crippen LogP contribution < -0.4 is 11.1 Å². The van der Waals surface area contributed by atoms with Gasteiger partial charge in [0.1, 0.15) is 0 Å². The maximum atomic E-state index is 5.96. The number of nitrogens with two attached hydrogens (primary N) is 1. The first kappa shape index (κ1) is 11.3. The Morgan fingerprint density at radius 2 is 1.53 bits per heavy atom. The molecule has 0 aliphatic rings. The minimum atomic E-state index is 0.751. The van der Waals surface area contributed by atoms with E-state index in [1.807, 2.05) is 54.7 Å². The lowest BCUT2D eigenvalue weighted by Gasteiger charge is -2.04. The molecule has 0 spiro atoms. The van der Waals surface area contributed by atoms with Gasteiger partial charge in [-0.05, 0) is 11.1 Å². The molecule has 0 aliphatic heterocycles. The Morgan fingerprint density at radius 3 is 2.18 bits per heavy atom. The molecule has 0 aromatic heterocycles. The topological polar surface area (TPSA) is 38.0 Å². The highest BCUT2D eigenvalue weighted by Gasteiger charge is 1.93. The summed E-state index contributed by atoms with van der Waals surface area (Å²) >= 11 is 0. The van der Waals surface area contributed by atoms with E-state index in [4.69, 9.17) is 5.73 Å². The number of rotatable bonds is 4. The summed E-state index contributed by atoms with van der Waals surface area (Å²) in [5.41, 5.74) is 8.98. The zero-order valence-electron chi connectivity index (χ0n) is 9.64. The summed E-state index contributed by atoms with van der Waals surface area (Å²) in [5.74, 6) is 0. The molecule has 0 heterocycles. The van der Waals surface area contributed by atoms with Crippen molar-refractivity contribution in [3.05, 3.63) is 78.0 Å². The van der Waals surface area contributed by atoms with E-state index < -0.39 is 0 Å². The van der Waals surface area contributed by atoms with Gasteiger partial charge >= 0.3 is 0 Å². The summed E-state index contributed by atoms with van der Waals surface area (Å²) in [5, 5.41) is 3.21. The minimum absolute atomic E-state index is 0.751. The van der Waals surface area contributed by atoms with Crippen molar-refractivity contribution in [3.63, 3.8) is 0 Å². The van der Waals surface area contributed by atoms with Gasteiger partial charge in [-0.3, -0.25) is 0 Å². The highest BCUT2D eigenvalue weighted by atomic mass is 14.8. The second kappa shape index (κ2) is 5.75. The van der Waals surface area contributed by atoms with Gasteiger partial charge < -0.3 is 11.1 Å². The largest absolute Gasteiger partial charge is 0.397 e. The molecule has 0 amide bonds. The number of nitrogens with one attached hydrogen (secondary N) is 1. The predicted molar refractivity (Wildman–Crippen MR) is 71.9 cm³/mol. The van der Waals surface area contributed by atoms with Gasteiger partial charge in [-0.2, -0.15) is 0 Å². The summed E-state index contributed by atoms with van der Waals surface area (Å²) in [7, 11) is 0. The van der Waals surface area contributed by atoms with Crippen molar-refractivity contribution < 1.29 is 0 Å². The van der Waals surface area contributed by atoms with Crippen LogP contribution in [0.3, 0.4) is 0 Å². The number of benzene rings is 2. The molecule has 3 N–H and O–H groups in total. The van der Waals surface area contributed by atoms with Crippen molar-refractivity contribution in [3.8, 4) is 0 Å². The molecular weight excluding hydrogens is 208 g/mol. The highest BCUT2D eigenvalue weighted by molar-refractivity contribution is 5.61. The molecule has 17 heavy (non-hydrogen) atoms. The summed E-state index contributed by atoms with van der Waals surface area (Å²) in [6.45, 7) is 0.786. The first-order valence-corrected chi connectivity index (χ1v) is 5.64. The lowest BCUT2D eigenvalue weighted by molar-refractivity contribution is 0.870. The third kappa shape index (κ3) is 3.38. The van der Waals surface area contributed by atoms with E-state index in [2.05, 4.69) is 17.4 Å². The van der Waals surface area contributed by atoms with Crippen LogP contribution in [0.2, 0.25) is 0 Å². The van der Waals surface area contributed by atoms with Crippen molar-refractivity contribution in [2.45, 2.75) is 6.54 Å². The van der Waals surface area contributed by atoms with E-state index in [0.29, 0.717) is 0 Å². The van der Waals surface area contributed by atoms with Crippen LogP contribution in [0.5, 0.6) is 0 Å². The molecule has 2 aromatic carbocycles. The van der Waals surface area contributed by atoms with E-state index in [1.54, 1.807) is 0 Å². The summed E-state index contributed by atoms with van der Waals surface area (Å²) in [6, 6.07) is 20.2. The van der Waals surface area contributed by atoms with Crippen molar-refractivity contribution in [2.75, 3.05) is 0 Å². The van der Waals surface area contributed by atoms with Gasteiger partial charge in [-0.25, -0.2) is 0 Å². The lowest BCUT2D eigenvalue weighted by Crippen LogP contribution is -2.08. The second-order valence-corrected chi connectivity index (χ2v) is 3.83. The Hall–Kier alpha value is -2.22. The van der Waals surface area contributed by atoms with Gasteiger partial charge in [-0.15, -0.1) is 0 Å². The number of hydrogen-bond donors (Lipinski definition) is 2. The van der Waals surface area contributed by atoms with E-state index in [1.165, 1.54) is 5.56 Å². The van der Waals surface area contributed by atoms with Crippen LogP contribution in [0.15, 0.2) is 66.9 Å². The standard InChI is InChI=1S/C15H16N2/c16-15(14-9-5-2-6-10-14)12-17-11-13-7-3-1-4-8-13/h1-10,12,17H,11,16H2/b15-12-. The second-order valence-electron chi connectivity index (χ2n) is 3.83. The van der Waals surface area contributed by atoms with Crippen molar-refractivity contribution in [2.24, 2.45) is 5.73 Å². The van der Waals surface area contributed by atoms with Crippen LogP contribution in [-0.2, 0) is 6.54 Å². The van der Waals surface area contributed by atoms with Crippen LogP contribution in [0.25, 0.3) is 5.70 Å². The molecule has 0 fully saturated rings. The third-order valence-electron chi connectivity index (χ3n) is 2.51. The molecule has 0 bridgehead atoms. The third-order valence-corrected chi connectivity index (χ3v) is 2.51. The summed E-state index contributed by atoms with van der Waals surface area (Å²) in [6.07, 6.45) is 1.85. The Kier molecular flexibility index (Phi) is 3.81. The van der Waals surface area contributed by atoms with Crippen LogP contribution in [0.4, 0.5) is 0 Å². The fourth-order valence-electron chi connectivity index (χ4n) is 1.59. The molecule has 0 aliphatic carbocycles. The maximum absolute atomic E-state index is 5.96. The van der Waals surface area contributed by atoms with E-state index in [0.717, 1.165) is 17.8 Å². The highest BCUT2D eigenvalue weighted by Crippen LogP contribution is 2.06. The van der Waals surface area contributed by atoms with E-state index in [9.17, 15) is 0 Å². The molecule has 0 saturated heterocycles. The van der Waals surface area contributed by atoms with E-state index in [-0.39, 0.29) is 0 Å². The molecule has 86 valence electrons. The van der Waals surface area contributed by atoms with Gasteiger partial charge in [-0.1, -0.05) is 60.7 Å². The molecule has 2 rings (SSSR count). The summed E-state index contributed by atoms with van der Waals surface area (Å²) < 4.78 is 0. The van der Waals surface area contributed by atoms with E-state index >= 15 is 0 Å². The fraction of sp³-hybridized carbons (Fsp3) is 0.0667. The minimum Gasteiger partial charge on any atom is -0.397 e. The Labute approximate surface area is 102 Å². The Morgan fingerprint density at radius 1 is 0.941 bits per heavy atom. The van der Waals surface area contributed by atoms with Crippen LogP contribution in [0, 0.1) is 0 Å². The van der Waals surface area contributed by atoms with Gasteiger partial charge in [0.05, 0.1) is 5.70 Å². The monoisotopic (exact) mass is 224 g/mol. The first-order chi connectivity index (χ1) is 8.36. The van der Waals surface area contributed by atoms with Crippen molar-refractivity contribution in [1.82, 2.24) is 5.32 Å². The lowest BCUT2D eigenvalue weighted by atomic mass is 10.2. The molecule has 2 aromatic rings. The normalized spacial score (nSPS) is 11.2. The SMILES string of the molecule is N/C(=C\NCc1ccccc1)c1ccccc1. The number of hydrogen-bond acceptors (Lipinski definition) is 2. The van der Waals surface area contributed by atoms with Gasteiger partial charge in [0.15, 0.2) is 0 Å². The van der Waals surface area contributed by atoms with Gasteiger partial charge in [0.25, 0.3) is 0 Å². The molecular formula is C15H16N2. The Bertz CT molecular complexity index is 475. The molecule has 2 heteroatoms. The average molecular weight is 224 g/mol. The average Bonchev–Trinajstić information content (AvgIpc) is 2.41. The van der Waals surface area contributed by atoms with Gasteiger partial charge in [0.2, 0.25) is 0 Å². The smallest absolute Gasteiger partial charge is 0.0547 e. The van der Waals surface area contributed by atoms with Crippen molar-refractivity contribution in [1.29, 1.82) is 0 Å².